The van der Waals surface area contributed by atoms with E-state index in [4.69, 9.17) is 4.74 Å². The van der Waals surface area contributed by atoms with Gasteiger partial charge in [0.25, 0.3) is 5.91 Å². The summed E-state index contributed by atoms with van der Waals surface area (Å²) in [6.45, 7) is -0.811. The van der Waals surface area contributed by atoms with Gasteiger partial charge in [0.05, 0.1) is 6.33 Å². The molecule has 0 unspecified atom stereocenters. The van der Waals surface area contributed by atoms with Crippen LogP contribution in [0.5, 0.6) is 0 Å². The first-order valence-electron chi connectivity index (χ1n) is 8.19. The van der Waals surface area contributed by atoms with Crippen molar-refractivity contribution in [3.8, 4) is 0 Å². The zero-order valence-electron chi connectivity index (χ0n) is 13.9. The van der Waals surface area contributed by atoms with E-state index < -0.39 is 31.2 Å². The maximum absolute atomic E-state index is 14.0. The minimum absolute atomic E-state index is 0.164. The summed E-state index contributed by atoms with van der Waals surface area (Å²) < 4.78 is 20.6. The van der Waals surface area contributed by atoms with Crippen LogP contribution in [0.15, 0.2) is 43.0 Å². The molecule has 1 saturated heterocycles. The number of hydrogen-bond donors (Lipinski definition) is 2. The van der Waals surface area contributed by atoms with Gasteiger partial charge in [-0.3, -0.25) is 9.36 Å². The molecule has 4 atom stereocenters. The molecule has 27 heavy (non-hydrogen) atoms. The first kappa shape index (κ1) is 17.5. The molecule has 1 aliphatic heterocycles. The van der Waals surface area contributed by atoms with Gasteiger partial charge in [-0.05, 0) is 12.1 Å². The Hall–Kier alpha value is -2.95. The lowest BCUT2D eigenvalue weighted by atomic mass is 10.1. The summed E-state index contributed by atoms with van der Waals surface area (Å²) in [6, 6.07) is 8.57. The van der Waals surface area contributed by atoms with Crippen molar-refractivity contribution in [1.29, 1.82) is 0 Å². The van der Waals surface area contributed by atoms with Crippen LogP contribution >= 0.6 is 0 Å². The third-order valence-electron chi connectivity index (χ3n) is 4.35. The molecule has 1 aliphatic rings. The fourth-order valence-electron chi connectivity index (χ4n) is 2.97. The molecule has 1 fully saturated rings. The molecule has 2 N–H and O–H groups in total. The van der Waals surface area contributed by atoms with E-state index in [1.165, 1.54) is 17.2 Å². The number of ether oxygens (including phenoxy) is 1. The lowest BCUT2D eigenvalue weighted by Crippen LogP contribution is -2.29. The topological polar surface area (TPSA) is 122 Å². The number of carbonyl (C=O) groups excluding carboxylic acids is 1. The number of halogens is 1. The van der Waals surface area contributed by atoms with E-state index in [9.17, 15) is 19.4 Å². The average molecular weight is 372 g/mol. The monoisotopic (exact) mass is 372 g/mol. The van der Waals surface area contributed by atoms with Crippen molar-refractivity contribution in [1.82, 2.24) is 19.5 Å². The third kappa shape index (κ3) is 3.03. The summed E-state index contributed by atoms with van der Waals surface area (Å²) in [5.74, 6) is -0.213. The number of nitrogens with one attached hydrogen (secondary N) is 1. The van der Waals surface area contributed by atoms with Gasteiger partial charge >= 0.3 is 0 Å². The highest BCUT2D eigenvalue weighted by atomic mass is 19.1. The van der Waals surface area contributed by atoms with Crippen molar-refractivity contribution in [2.24, 2.45) is 0 Å². The molecule has 0 spiro atoms. The minimum Gasteiger partial charge on any atom is -0.385 e. The number of anilines is 1. The second-order valence-electron chi connectivity index (χ2n) is 6.03. The summed E-state index contributed by atoms with van der Waals surface area (Å²) in [5, 5.41) is 23.7. The highest BCUT2D eigenvalue weighted by Gasteiger charge is 2.45. The Balaban J connectivity index is 1.65. The number of nitrogens with zero attached hydrogens (tertiary/aromatic N) is 4. The molecule has 1 aromatic carbocycles. The van der Waals surface area contributed by atoms with Crippen LogP contribution in [0.2, 0.25) is 0 Å². The molecular formula is C17H15FN5O4. The van der Waals surface area contributed by atoms with Crippen molar-refractivity contribution in [2.45, 2.75) is 24.6 Å². The van der Waals surface area contributed by atoms with Gasteiger partial charge in [-0.1, -0.05) is 18.2 Å². The van der Waals surface area contributed by atoms with Crippen LogP contribution in [0.25, 0.3) is 11.2 Å². The number of hydrogen-bond acceptors (Lipinski definition) is 6. The zero-order chi connectivity index (χ0) is 19.0. The predicted octanol–water partition coefficient (Wildman–Crippen LogP) is 1.11. The Morgan fingerprint density at radius 2 is 2.04 bits per heavy atom. The van der Waals surface area contributed by atoms with Crippen molar-refractivity contribution in [3.63, 3.8) is 0 Å². The van der Waals surface area contributed by atoms with Gasteiger partial charge in [0, 0.05) is 5.56 Å². The first-order chi connectivity index (χ1) is 13.1. The largest absolute Gasteiger partial charge is 0.385 e. The normalized spacial score (nSPS) is 25.0. The van der Waals surface area contributed by atoms with Crippen molar-refractivity contribution in [2.75, 3.05) is 11.9 Å². The molecule has 9 nitrogen and oxygen atoms in total. The Bertz CT molecular complexity index is 966. The quantitative estimate of drug-likeness (QED) is 0.707. The fourth-order valence-corrected chi connectivity index (χ4v) is 2.97. The third-order valence-corrected chi connectivity index (χ3v) is 4.35. The molecule has 1 amide bonds. The summed E-state index contributed by atoms with van der Waals surface area (Å²) in [7, 11) is 0. The minimum atomic E-state index is -1.80. The van der Waals surface area contributed by atoms with E-state index in [1.807, 2.05) is 0 Å². The second kappa shape index (κ2) is 6.99. The van der Waals surface area contributed by atoms with Crippen molar-refractivity contribution >= 4 is 22.9 Å². The number of aliphatic hydroxyl groups is 1. The molecule has 3 heterocycles. The number of aromatic nitrogens is 4. The summed E-state index contributed by atoms with van der Waals surface area (Å²) >= 11 is 0. The van der Waals surface area contributed by atoms with Crippen LogP contribution in [-0.2, 0) is 9.84 Å². The number of rotatable bonds is 4. The summed E-state index contributed by atoms with van der Waals surface area (Å²) in [6.07, 6.45) is -3.22. The van der Waals surface area contributed by atoms with Crippen molar-refractivity contribution < 1.29 is 24.1 Å². The van der Waals surface area contributed by atoms with Gasteiger partial charge in [0.1, 0.15) is 25.1 Å². The summed E-state index contributed by atoms with van der Waals surface area (Å²) in [5.41, 5.74) is 0.923. The maximum Gasteiger partial charge on any atom is 0.256 e. The van der Waals surface area contributed by atoms with E-state index in [-0.39, 0.29) is 22.9 Å². The Morgan fingerprint density at radius 1 is 1.26 bits per heavy atom. The van der Waals surface area contributed by atoms with E-state index >= 15 is 0 Å². The zero-order valence-corrected chi connectivity index (χ0v) is 13.9. The highest BCUT2D eigenvalue weighted by Crippen LogP contribution is 2.33. The molecule has 139 valence electrons. The molecule has 0 saturated carbocycles. The number of amides is 1. The molecule has 2 aromatic heterocycles. The number of carbonyl (C=O) groups is 1. The summed E-state index contributed by atoms with van der Waals surface area (Å²) in [4.78, 5) is 24.6. The smallest absolute Gasteiger partial charge is 0.256 e. The van der Waals surface area contributed by atoms with Gasteiger partial charge in [-0.25, -0.2) is 24.4 Å². The number of alkyl halides is 1. The van der Waals surface area contributed by atoms with Gasteiger partial charge in [0.15, 0.2) is 29.4 Å². The van der Waals surface area contributed by atoms with Crippen molar-refractivity contribution in [3.05, 3.63) is 48.5 Å². The second-order valence-corrected chi connectivity index (χ2v) is 6.03. The van der Waals surface area contributed by atoms with Crippen LogP contribution in [-0.4, -0.2) is 55.5 Å². The molecule has 10 heteroatoms. The number of fused-ring (bicyclic) bond motifs is 1. The Morgan fingerprint density at radius 3 is 2.74 bits per heavy atom. The van der Waals surface area contributed by atoms with E-state index in [0.717, 1.165) is 0 Å². The van der Waals surface area contributed by atoms with Crippen LogP contribution < -0.4 is 5.32 Å². The van der Waals surface area contributed by atoms with E-state index in [0.29, 0.717) is 5.56 Å². The highest BCUT2D eigenvalue weighted by molar-refractivity contribution is 6.06. The lowest BCUT2D eigenvalue weighted by molar-refractivity contribution is -0.0594. The van der Waals surface area contributed by atoms with Gasteiger partial charge in [-0.2, -0.15) is 0 Å². The fraction of sp³-hybridized carbons (Fsp3) is 0.294. The molecule has 0 aliphatic carbocycles. The van der Waals surface area contributed by atoms with Crippen LogP contribution in [0.4, 0.5) is 10.2 Å². The van der Waals surface area contributed by atoms with Gasteiger partial charge < -0.3 is 15.2 Å². The van der Waals surface area contributed by atoms with Gasteiger partial charge in [0.2, 0.25) is 0 Å². The predicted molar refractivity (Wildman–Crippen MR) is 90.1 cm³/mol. The molecular weight excluding hydrogens is 357 g/mol. The van der Waals surface area contributed by atoms with E-state index in [2.05, 4.69) is 20.3 Å². The Kier molecular flexibility index (Phi) is 4.52. The SMILES string of the molecule is [O]C[C@H]1O[C@@H](n2cnc3c(NC(=O)c4ccccc4)ncnc32)[C@H](O)[C@@H]1F. The van der Waals surface area contributed by atoms with Crippen LogP contribution in [0.1, 0.15) is 16.6 Å². The molecule has 0 bridgehead atoms. The van der Waals surface area contributed by atoms with Gasteiger partial charge in [-0.15, -0.1) is 0 Å². The molecule has 4 rings (SSSR count). The average Bonchev–Trinajstić information content (AvgIpc) is 3.25. The van der Waals surface area contributed by atoms with E-state index in [1.54, 1.807) is 30.3 Å². The number of benzene rings is 1. The Labute approximate surface area is 152 Å². The number of imidazole rings is 1. The van der Waals surface area contributed by atoms with Crippen LogP contribution in [0, 0.1) is 0 Å². The first-order valence-corrected chi connectivity index (χ1v) is 8.19. The number of aliphatic hydroxyl groups excluding tert-OH is 1. The standard InChI is InChI=1S/C17H15FN5O4/c18-11-10(6-24)27-17(13(11)25)23-8-21-12-14(19-7-20-15(12)23)22-16(26)9-4-2-1-3-5-9/h1-5,7-8,10-11,13,17,25H,6H2,(H,19,20,22,26)/t10-,11-,13-,17-/m1/s1. The molecule has 3 aromatic rings. The van der Waals surface area contributed by atoms with Crippen LogP contribution in [0.3, 0.4) is 0 Å². The molecule has 1 radical (unpaired) electrons. The lowest BCUT2D eigenvalue weighted by Gasteiger charge is -2.16. The maximum atomic E-state index is 14.0.